The van der Waals surface area contributed by atoms with Crippen molar-refractivity contribution in [3.63, 3.8) is 0 Å². The van der Waals surface area contributed by atoms with Gasteiger partial charge in [-0.25, -0.2) is 13.6 Å². The zero-order valence-electron chi connectivity index (χ0n) is 11.7. The van der Waals surface area contributed by atoms with E-state index in [1.54, 1.807) is 25.4 Å². The molecule has 0 aliphatic rings. The van der Waals surface area contributed by atoms with E-state index in [2.05, 4.69) is 0 Å². The molecule has 0 saturated carbocycles. The van der Waals surface area contributed by atoms with Crippen LogP contribution in [0.3, 0.4) is 0 Å². The van der Waals surface area contributed by atoms with Gasteiger partial charge in [0.15, 0.2) is 0 Å². The van der Waals surface area contributed by atoms with Crippen molar-refractivity contribution in [2.75, 3.05) is 6.61 Å². The highest BCUT2D eigenvalue weighted by molar-refractivity contribution is 7.89. The van der Waals surface area contributed by atoms with E-state index < -0.39 is 10.0 Å². The highest BCUT2D eigenvalue weighted by Crippen LogP contribution is 2.31. The molecule has 0 fully saturated rings. The monoisotopic (exact) mass is 308 g/mol. The summed E-state index contributed by atoms with van der Waals surface area (Å²) in [7, 11) is -2.19. The van der Waals surface area contributed by atoms with Gasteiger partial charge >= 0.3 is 0 Å². The Morgan fingerprint density at radius 2 is 1.95 bits per heavy atom. The lowest BCUT2D eigenvalue weighted by Gasteiger charge is -2.12. The molecule has 1 aromatic heterocycles. The lowest BCUT2D eigenvalue weighted by atomic mass is 10.1. The fourth-order valence-electron chi connectivity index (χ4n) is 1.95. The molecule has 1 aromatic carbocycles. The van der Waals surface area contributed by atoms with Crippen LogP contribution in [-0.4, -0.2) is 19.6 Å². The molecule has 0 unspecified atom stereocenters. The third kappa shape index (κ3) is 3.32. The molecule has 6 nitrogen and oxygen atoms in total. The maximum atomic E-state index is 11.5. The first-order valence-electron chi connectivity index (χ1n) is 6.29. The summed E-state index contributed by atoms with van der Waals surface area (Å²) in [6.45, 7) is 2.27. The van der Waals surface area contributed by atoms with E-state index in [1.807, 2.05) is 6.92 Å². The Hall–Kier alpha value is -2.12. The third-order valence-electron chi connectivity index (χ3n) is 2.98. The number of sulfonamides is 1. The number of aromatic nitrogens is 1. The molecule has 1 heterocycles. The molecule has 0 aliphatic heterocycles. The molecular formula is C14H16N2O4S. The first kappa shape index (κ1) is 15.3. The molecule has 0 saturated heterocycles. The van der Waals surface area contributed by atoms with E-state index in [9.17, 15) is 13.2 Å². The Morgan fingerprint density at radius 3 is 2.52 bits per heavy atom. The molecule has 7 heteroatoms. The normalized spacial score (nSPS) is 11.4. The van der Waals surface area contributed by atoms with E-state index in [1.165, 1.54) is 22.8 Å². The molecule has 0 amide bonds. The molecule has 2 N–H and O–H groups in total. The van der Waals surface area contributed by atoms with Crippen molar-refractivity contribution in [3.05, 3.63) is 46.9 Å². The van der Waals surface area contributed by atoms with Crippen LogP contribution in [0, 0.1) is 0 Å². The van der Waals surface area contributed by atoms with Crippen molar-refractivity contribution in [2.45, 2.75) is 11.8 Å². The zero-order valence-corrected chi connectivity index (χ0v) is 12.6. The number of rotatable bonds is 4. The second kappa shape index (κ2) is 5.71. The van der Waals surface area contributed by atoms with E-state index >= 15 is 0 Å². The number of ether oxygens (including phenoxy) is 1. The van der Waals surface area contributed by atoms with E-state index in [-0.39, 0.29) is 10.5 Å². The summed E-state index contributed by atoms with van der Waals surface area (Å²) >= 11 is 0. The van der Waals surface area contributed by atoms with Crippen molar-refractivity contribution >= 4 is 10.0 Å². The van der Waals surface area contributed by atoms with Gasteiger partial charge in [-0.3, -0.25) is 4.79 Å². The Kier molecular flexibility index (Phi) is 4.15. The molecule has 0 atom stereocenters. The van der Waals surface area contributed by atoms with Gasteiger partial charge in [0, 0.05) is 30.4 Å². The number of nitrogens with two attached hydrogens (primary N) is 1. The van der Waals surface area contributed by atoms with Gasteiger partial charge in [-0.1, -0.05) is 0 Å². The average Bonchev–Trinajstić information content (AvgIpc) is 2.41. The Balaban J connectivity index is 2.68. The largest absolute Gasteiger partial charge is 0.493 e. The summed E-state index contributed by atoms with van der Waals surface area (Å²) in [6, 6.07) is 7.43. The van der Waals surface area contributed by atoms with Gasteiger partial charge in [-0.05, 0) is 31.2 Å². The van der Waals surface area contributed by atoms with Crippen LogP contribution in [0.5, 0.6) is 5.75 Å². The third-order valence-corrected chi connectivity index (χ3v) is 3.89. The molecular weight excluding hydrogens is 292 g/mol. The number of hydrogen-bond donors (Lipinski definition) is 1. The highest BCUT2D eigenvalue weighted by Gasteiger charge is 2.14. The summed E-state index contributed by atoms with van der Waals surface area (Å²) in [4.78, 5) is 11.5. The van der Waals surface area contributed by atoms with Crippen LogP contribution >= 0.6 is 0 Å². The lowest BCUT2D eigenvalue weighted by Crippen LogP contribution is -2.14. The lowest BCUT2D eigenvalue weighted by molar-refractivity contribution is 0.341. The van der Waals surface area contributed by atoms with Crippen molar-refractivity contribution < 1.29 is 13.2 Å². The molecule has 0 aliphatic carbocycles. The minimum absolute atomic E-state index is 0.00481. The second-order valence-electron chi connectivity index (χ2n) is 4.50. The number of hydrogen-bond acceptors (Lipinski definition) is 4. The first-order valence-corrected chi connectivity index (χ1v) is 7.84. The van der Waals surface area contributed by atoms with Gasteiger partial charge in [0.2, 0.25) is 15.6 Å². The van der Waals surface area contributed by atoms with Crippen LogP contribution in [0.4, 0.5) is 0 Å². The van der Waals surface area contributed by atoms with Crippen molar-refractivity contribution in [1.82, 2.24) is 4.57 Å². The number of aryl methyl sites for hydroxylation is 1. The van der Waals surface area contributed by atoms with Crippen molar-refractivity contribution in [1.29, 1.82) is 0 Å². The minimum Gasteiger partial charge on any atom is -0.493 e. The first-order chi connectivity index (χ1) is 9.82. The molecule has 0 radical (unpaired) electrons. The van der Waals surface area contributed by atoms with E-state index in [4.69, 9.17) is 9.88 Å². The predicted molar refractivity (Wildman–Crippen MR) is 79.7 cm³/mol. The summed E-state index contributed by atoms with van der Waals surface area (Å²) < 4.78 is 29.9. The summed E-state index contributed by atoms with van der Waals surface area (Å²) in [5, 5.41) is 5.16. The van der Waals surface area contributed by atoms with Crippen LogP contribution in [0.2, 0.25) is 0 Å². The van der Waals surface area contributed by atoms with Gasteiger partial charge < -0.3 is 9.30 Å². The minimum atomic E-state index is -3.81. The van der Waals surface area contributed by atoms with Crippen LogP contribution in [-0.2, 0) is 17.1 Å². The fraction of sp³-hybridized carbons (Fsp3) is 0.214. The van der Waals surface area contributed by atoms with Gasteiger partial charge in [0.1, 0.15) is 5.75 Å². The van der Waals surface area contributed by atoms with E-state index in [0.717, 1.165) is 0 Å². The van der Waals surface area contributed by atoms with Crippen molar-refractivity contribution in [3.8, 4) is 16.9 Å². The van der Waals surface area contributed by atoms with Gasteiger partial charge in [0.05, 0.1) is 11.5 Å². The number of pyridine rings is 1. The summed E-state index contributed by atoms with van der Waals surface area (Å²) in [5.74, 6) is 0.531. The van der Waals surface area contributed by atoms with Crippen molar-refractivity contribution in [2.24, 2.45) is 12.2 Å². The molecule has 0 spiro atoms. The summed E-state index contributed by atoms with van der Waals surface area (Å²) in [5.41, 5.74) is 1.09. The maximum Gasteiger partial charge on any atom is 0.250 e. The Morgan fingerprint density at radius 1 is 1.24 bits per heavy atom. The zero-order chi connectivity index (χ0) is 15.6. The molecule has 0 bridgehead atoms. The van der Waals surface area contributed by atoms with Crippen LogP contribution in [0.15, 0.2) is 46.2 Å². The van der Waals surface area contributed by atoms with Gasteiger partial charge in [-0.2, -0.15) is 0 Å². The topological polar surface area (TPSA) is 91.4 Å². The SMILES string of the molecule is CCOc1ccc(S(N)(=O)=O)cc1-c1ccc(=O)n(C)c1. The standard InChI is InChI=1S/C14H16N2O4S/c1-3-20-13-6-5-11(21(15,18)19)8-12(13)10-4-7-14(17)16(2)9-10/h4-9H,3H2,1-2H3,(H2,15,18,19). The van der Waals surface area contributed by atoms with E-state index in [0.29, 0.717) is 23.5 Å². The van der Waals surface area contributed by atoms with Gasteiger partial charge in [0.25, 0.3) is 0 Å². The van der Waals surface area contributed by atoms with Crippen LogP contribution in [0.1, 0.15) is 6.92 Å². The number of nitrogens with zero attached hydrogens (tertiary/aromatic N) is 1. The van der Waals surface area contributed by atoms with Crippen LogP contribution in [0.25, 0.3) is 11.1 Å². The Bertz CT molecular complexity index is 825. The second-order valence-corrected chi connectivity index (χ2v) is 6.06. The molecule has 112 valence electrons. The fourth-order valence-corrected chi connectivity index (χ4v) is 2.49. The highest BCUT2D eigenvalue weighted by atomic mass is 32.2. The Labute approximate surface area is 122 Å². The summed E-state index contributed by atoms with van der Waals surface area (Å²) in [6.07, 6.45) is 1.62. The average molecular weight is 308 g/mol. The smallest absolute Gasteiger partial charge is 0.250 e. The van der Waals surface area contributed by atoms with Crippen LogP contribution < -0.4 is 15.4 Å². The molecule has 2 rings (SSSR count). The predicted octanol–water partition coefficient (Wildman–Crippen LogP) is 1.10. The molecule has 21 heavy (non-hydrogen) atoms. The maximum absolute atomic E-state index is 11.5. The quantitative estimate of drug-likeness (QED) is 0.915. The number of primary sulfonamides is 1. The number of benzene rings is 1. The van der Waals surface area contributed by atoms with Gasteiger partial charge in [-0.15, -0.1) is 0 Å². The molecule has 2 aromatic rings.